The molecule has 0 aliphatic heterocycles. The molecule has 0 saturated heterocycles. The van der Waals surface area contributed by atoms with Crippen molar-refractivity contribution in [1.82, 2.24) is 0 Å². The van der Waals surface area contributed by atoms with E-state index in [0.717, 1.165) is 0 Å². The Balaban J connectivity index is -0.0000000800. The average molecular weight is 191 g/mol. The summed E-state index contributed by atoms with van der Waals surface area (Å²) < 4.78 is 34.1. The van der Waals surface area contributed by atoms with E-state index < -0.39 is 10.4 Å². The van der Waals surface area contributed by atoms with Gasteiger partial charge in [-0.05, 0) is 0 Å². The maximum Gasteiger partial charge on any atom is 3.00 e. The SMILES string of the molecule is O=S(=O)([O-])[O-].[Fe+3].[K+]. The molecule has 37 valence electrons. The normalized spacial score (nSPS) is 8.29. The first-order chi connectivity index (χ1) is 2.00. The van der Waals surface area contributed by atoms with Crippen molar-refractivity contribution in [2.45, 2.75) is 0 Å². The summed E-state index contributed by atoms with van der Waals surface area (Å²) in [5.74, 6) is 0. The third-order valence-electron chi connectivity index (χ3n) is 0. The van der Waals surface area contributed by atoms with Crippen LogP contribution in [0.3, 0.4) is 0 Å². The Morgan fingerprint density at radius 3 is 1.14 bits per heavy atom. The van der Waals surface area contributed by atoms with E-state index in [4.69, 9.17) is 17.5 Å². The average Bonchev–Trinajstić information content (AvgIpc) is 0.722. The van der Waals surface area contributed by atoms with Crippen molar-refractivity contribution < 1.29 is 86.0 Å². The van der Waals surface area contributed by atoms with Gasteiger partial charge in [-0.2, -0.15) is 0 Å². The first kappa shape index (κ1) is 16.0. The molecule has 0 rings (SSSR count). The van der Waals surface area contributed by atoms with Crippen molar-refractivity contribution in [2.24, 2.45) is 0 Å². The van der Waals surface area contributed by atoms with Crippen LogP contribution in [0.5, 0.6) is 0 Å². The van der Waals surface area contributed by atoms with Gasteiger partial charge < -0.3 is 9.11 Å². The molecule has 0 aliphatic carbocycles. The molecule has 0 heterocycles. The summed E-state index contributed by atoms with van der Waals surface area (Å²) in [6.07, 6.45) is 0. The molecule has 0 fully saturated rings. The Hall–Kier alpha value is 2.03. The second-order valence-electron chi connectivity index (χ2n) is 0.408. The van der Waals surface area contributed by atoms with Crippen molar-refractivity contribution in [3.05, 3.63) is 0 Å². The van der Waals surface area contributed by atoms with Gasteiger partial charge in [-0.15, -0.1) is 0 Å². The maximum atomic E-state index is 8.52. The predicted octanol–water partition coefficient (Wildman–Crippen LogP) is -4.34. The van der Waals surface area contributed by atoms with Crippen molar-refractivity contribution in [2.75, 3.05) is 0 Å². The van der Waals surface area contributed by atoms with Crippen LogP contribution in [0.1, 0.15) is 0 Å². The monoisotopic (exact) mass is 191 g/mol. The zero-order chi connectivity index (χ0) is 4.50. The molecule has 0 unspecified atom stereocenters. The van der Waals surface area contributed by atoms with Gasteiger partial charge >= 0.3 is 68.5 Å². The van der Waals surface area contributed by atoms with Crippen molar-refractivity contribution in [3.8, 4) is 0 Å². The quantitative estimate of drug-likeness (QED) is 0.220. The molecule has 0 saturated carbocycles. The van der Waals surface area contributed by atoms with Gasteiger partial charge in [0.1, 0.15) is 0 Å². The van der Waals surface area contributed by atoms with Crippen LogP contribution in [0, 0.1) is 0 Å². The number of hydrogen-bond acceptors (Lipinski definition) is 4. The van der Waals surface area contributed by atoms with Gasteiger partial charge in [-0.3, -0.25) is 8.42 Å². The summed E-state index contributed by atoms with van der Waals surface area (Å²) in [4.78, 5) is 0. The van der Waals surface area contributed by atoms with Crippen molar-refractivity contribution in [3.63, 3.8) is 0 Å². The van der Waals surface area contributed by atoms with Crippen LogP contribution in [0.25, 0.3) is 0 Å². The predicted molar refractivity (Wildman–Crippen MR) is 10.5 cm³/mol. The molecule has 0 aromatic carbocycles. The Morgan fingerprint density at radius 1 is 1.14 bits per heavy atom. The summed E-state index contributed by atoms with van der Waals surface area (Å²) in [7, 11) is -5.17. The molecule has 0 N–H and O–H groups in total. The molecular weight excluding hydrogens is 191 g/mol. The van der Waals surface area contributed by atoms with Crippen LogP contribution in [0.15, 0.2) is 0 Å². The van der Waals surface area contributed by atoms with Crippen LogP contribution in [-0.2, 0) is 27.5 Å². The molecule has 1 radical (unpaired) electrons. The molecule has 0 aliphatic rings. The van der Waals surface area contributed by atoms with Gasteiger partial charge in [0.05, 0.1) is 0 Å². The number of hydrogen-bond donors (Lipinski definition) is 0. The zero-order valence-corrected chi connectivity index (χ0v) is 8.44. The van der Waals surface area contributed by atoms with E-state index in [2.05, 4.69) is 0 Å². The Kier molecular flexibility index (Phi) is 14.1. The van der Waals surface area contributed by atoms with Crippen molar-refractivity contribution in [1.29, 1.82) is 0 Å². The summed E-state index contributed by atoms with van der Waals surface area (Å²) in [5, 5.41) is 0. The maximum absolute atomic E-state index is 8.52. The largest absolute Gasteiger partial charge is 3.00 e. The fourth-order valence-electron chi connectivity index (χ4n) is 0. The molecular formula is FeKO4S+2. The fraction of sp³-hybridized carbons (Fsp3) is 0. The topological polar surface area (TPSA) is 80.3 Å². The van der Waals surface area contributed by atoms with Gasteiger partial charge in [-0.25, -0.2) is 0 Å². The molecule has 7 heavy (non-hydrogen) atoms. The molecule has 0 amide bonds. The van der Waals surface area contributed by atoms with E-state index >= 15 is 0 Å². The smallest absolute Gasteiger partial charge is 0.759 e. The minimum Gasteiger partial charge on any atom is -0.759 e. The zero-order valence-electron chi connectivity index (χ0n) is 3.39. The Bertz CT molecular complexity index is 94.9. The van der Waals surface area contributed by atoms with E-state index in [1.54, 1.807) is 0 Å². The van der Waals surface area contributed by atoms with Crippen LogP contribution >= 0.6 is 0 Å². The minimum atomic E-state index is -5.17. The standard InChI is InChI=1S/Fe.K.H2O4S/c;;1-5(2,3)4/h;;(H2,1,2,3,4)/q+3;+1;/p-2. The Morgan fingerprint density at radius 2 is 1.14 bits per heavy atom. The molecule has 7 heteroatoms. The first-order valence-corrected chi connectivity index (χ1v) is 2.00. The second-order valence-corrected chi connectivity index (χ2v) is 1.22. The van der Waals surface area contributed by atoms with Gasteiger partial charge in [0.25, 0.3) is 0 Å². The molecule has 0 aromatic heterocycles. The molecule has 4 nitrogen and oxygen atoms in total. The van der Waals surface area contributed by atoms with E-state index in [9.17, 15) is 0 Å². The minimum absolute atomic E-state index is 0. The van der Waals surface area contributed by atoms with Crippen molar-refractivity contribution >= 4 is 10.4 Å². The summed E-state index contributed by atoms with van der Waals surface area (Å²) in [6, 6.07) is 0. The van der Waals surface area contributed by atoms with Gasteiger partial charge in [0, 0.05) is 10.4 Å². The fourth-order valence-corrected chi connectivity index (χ4v) is 0. The van der Waals surface area contributed by atoms with Crippen LogP contribution in [0.4, 0.5) is 0 Å². The molecule has 0 aromatic rings. The van der Waals surface area contributed by atoms with Crippen LogP contribution in [-0.4, -0.2) is 17.5 Å². The third kappa shape index (κ3) is 71.0. The second kappa shape index (κ2) is 6.15. The van der Waals surface area contributed by atoms with Gasteiger partial charge in [-0.1, -0.05) is 0 Å². The van der Waals surface area contributed by atoms with Crippen LogP contribution in [0.2, 0.25) is 0 Å². The van der Waals surface area contributed by atoms with Gasteiger partial charge in [0.2, 0.25) is 0 Å². The third-order valence-corrected chi connectivity index (χ3v) is 0. The molecule has 0 spiro atoms. The van der Waals surface area contributed by atoms with Gasteiger partial charge in [0.15, 0.2) is 0 Å². The van der Waals surface area contributed by atoms with E-state index in [0.29, 0.717) is 0 Å². The summed E-state index contributed by atoms with van der Waals surface area (Å²) in [6.45, 7) is 0. The Labute approximate surface area is 94.5 Å². The summed E-state index contributed by atoms with van der Waals surface area (Å²) >= 11 is 0. The van der Waals surface area contributed by atoms with E-state index in [1.165, 1.54) is 0 Å². The first-order valence-electron chi connectivity index (χ1n) is 0.667. The molecule has 0 bridgehead atoms. The van der Waals surface area contributed by atoms with E-state index in [-0.39, 0.29) is 68.5 Å². The summed E-state index contributed by atoms with van der Waals surface area (Å²) in [5.41, 5.74) is 0. The van der Waals surface area contributed by atoms with E-state index in [1.807, 2.05) is 0 Å². The van der Waals surface area contributed by atoms with Crippen LogP contribution < -0.4 is 51.4 Å². The number of rotatable bonds is 0. The molecule has 0 atom stereocenters.